The largest absolute Gasteiger partial charge is 1.00 e. The summed E-state index contributed by atoms with van der Waals surface area (Å²) in [4.78, 5) is 36.8. The van der Waals surface area contributed by atoms with Gasteiger partial charge in [0.2, 0.25) is 15.9 Å². The van der Waals surface area contributed by atoms with E-state index in [0.29, 0.717) is 22.6 Å². The Hall–Kier alpha value is -3.06. The number of unbranched alkanes of at least 4 members (excludes halogenated alkanes) is 1. The number of primary amides is 1. The number of rotatable bonds is 13. The molecule has 3 rings (SSSR count). The van der Waals surface area contributed by atoms with Gasteiger partial charge in [0.25, 0.3) is 5.91 Å². The molecule has 0 radical (unpaired) electrons. The molecule has 1 aromatic heterocycles. The second-order valence-corrected chi connectivity index (χ2v) is 11.0. The molecule has 4 N–H and O–H groups in total. The number of amides is 2. The Kier molecular flexibility index (Phi) is 12.6. The number of sulfonamides is 1. The molecule has 3 aromatic rings. The van der Waals surface area contributed by atoms with Crippen LogP contribution in [0.2, 0.25) is 0 Å². The fourth-order valence-corrected chi connectivity index (χ4v) is 5.31. The Morgan fingerprint density at radius 2 is 1.55 bits per heavy atom. The fraction of sp³-hybridized carbons (Fsp3) is 0.231. The van der Waals surface area contributed by atoms with Crippen molar-refractivity contribution >= 4 is 44.4 Å². The van der Waals surface area contributed by atoms with E-state index >= 15 is 0 Å². The minimum atomic E-state index is -3.81. The van der Waals surface area contributed by atoms with E-state index < -0.39 is 21.8 Å². The normalized spacial score (nSPS) is 10.8. The maximum absolute atomic E-state index is 12.9. The highest BCUT2D eigenvalue weighted by Gasteiger charge is 2.17. The lowest BCUT2D eigenvalue weighted by atomic mass is 10.2. The first-order valence-corrected chi connectivity index (χ1v) is 14.0. The van der Waals surface area contributed by atoms with E-state index in [1.54, 1.807) is 24.3 Å². The molecular formula is C26H29BrN4O5S2. The summed E-state index contributed by atoms with van der Waals surface area (Å²) in [5.74, 6) is -1.02. The molecule has 0 unspecified atom stereocenters. The molecule has 0 bridgehead atoms. The van der Waals surface area contributed by atoms with Crippen LogP contribution < -0.4 is 37.3 Å². The third kappa shape index (κ3) is 10.0. The first-order valence-electron chi connectivity index (χ1n) is 11.7. The molecule has 12 heteroatoms. The number of benzene rings is 2. The molecule has 0 atom stereocenters. The van der Waals surface area contributed by atoms with Crippen molar-refractivity contribution in [1.82, 2.24) is 4.72 Å². The Labute approximate surface area is 237 Å². The third-order valence-corrected chi connectivity index (χ3v) is 7.75. The summed E-state index contributed by atoms with van der Waals surface area (Å²) in [7, 11) is -3.81. The quantitative estimate of drug-likeness (QED) is 0.138. The van der Waals surface area contributed by atoms with E-state index in [1.807, 2.05) is 30.6 Å². The summed E-state index contributed by atoms with van der Waals surface area (Å²) in [6.45, 7) is 0.733. The molecule has 0 fully saturated rings. The van der Waals surface area contributed by atoms with Gasteiger partial charge < -0.3 is 28.0 Å². The zero-order valence-corrected chi connectivity index (χ0v) is 23.7. The highest BCUT2D eigenvalue weighted by Crippen LogP contribution is 2.26. The van der Waals surface area contributed by atoms with E-state index in [0.717, 1.165) is 31.1 Å². The minimum absolute atomic E-state index is 0. The number of carbonyl (C=O) groups excluding carboxylic acids is 3. The fourth-order valence-electron chi connectivity index (χ4n) is 3.37. The van der Waals surface area contributed by atoms with Gasteiger partial charge in [0, 0.05) is 48.5 Å². The molecule has 0 saturated heterocycles. The second-order valence-electron chi connectivity index (χ2n) is 8.13. The van der Waals surface area contributed by atoms with Gasteiger partial charge >= 0.3 is 0 Å². The van der Waals surface area contributed by atoms with Crippen molar-refractivity contribution in [3.05, 3.63) is 84.7 Å². The number of hydrogen-bond acceptors (Lipinski definition) is 6. The maximum Gasteiger partial charge on any atom is 0.256 e. The van der Waals surface area contributed by atoms with Crippen LogP contribution in [-0.2, 0) is 26.2 Å². The van der Waals surface area contributed by atoms with Crippen molar-refractivity contribution in [1.29, 1.82) is 0 Å². The van der Waals surface area contributed by atoms with Gasteiger partial charge in [-0.3, -0.25) is 14.4 Å². The number of nitrogens with two attached hydrogens (primary N) is 1. The van der Waals surface area contributed by atoms with Gasteiger partial charge in [-0.1, -0.05) is 30.0 Å². The van der Waals surface area contributed by atoms with Crippen LogP contribution in [-0.4, -0.2) is 31.9 Å². The Bertz CT molecular complexity index is 1340. The minimum Gasteiger partial charge on any atom is -1.00 e. The van der Waals surface area contributed by atoms with Crippen LogP contribution >= 0.6 is 11.8 Å². The highest BCUT2D eigenvalue weighted by molar-refractivity contribution is 8.13. The smallest absolute Gasteiger partial charge is 0.256 e. The van der Waals surface area contributed by atoms with Crippen molar-refractivity contribution in [3.8, 4) is 0 Å². The van der Waals surface area contributed by atoms with Crippen LogP contribution in [0.5, 0.6) is 0 Å². The van der Waals surface area contributed by atoms with Crippen LogP contribution in [0, 0.1) is 0 Å². The van der Waals surface area contributed by atoms with Crippen molar-refractivity contribution in [3.63, 3.8) is 0 Å². The number of thioether (sulfide) groups is 1. The Balaban J connectivity index is 0.00000507. The van der Waals surface area contributed by atoms with Gasteiger partial charge in [-0.15, -0.1) is 0 Å². The number of aryl methyl sites for hydroxylation is 1. The average Bonchev–Trinajstić information content (AvgIpc) is 2.87. The van der Waals surface area contributed by atoms with Gasteiger partial charge in [0.1, 0.15) is 6.54 Å². The van der Waals surface area contributed by atoms with Gasteiger partial charge in [0.05, 0.1) is 10.5 Å². The number of nitrogens with one attached hydrogen (secondary N) is 2. The van der Waals surface area contributed by atoms with E-state index in [4.69, 9.17) is 5.73 Å². The highest BCUT2D eigenvalue weighted by atomic mass is 79.9. The van der Waals surface area contributed by atoms with Crippen LogP contribution in [0.1, 0.15) is 36.0 Å². The molecule has 38 heavy (non-hydrogen) atoms. The number of pyridine rings is 1. The number of nitrogens with zero attached hydrogens (tertiary/aromatic N) is 1. The van der Waals surface area contributed by atoms with Crippen molar-refractivity contribution in [2.45, 2.75) is 42.0 Å². The molecule has 2 amide bonds. The van der Waals surface area contributed by atoms with Crippen LogP contribution in [0.25, 0.3) is 0 Å². The number of anilines is 1. The number of aromatic nitrogens is 1. The van der Waals surface area contributed by atoms with Crippen molar-refractivity contribution in [2.75, 3.05) is 11.9 Å². The van der Waals surface area contributed by atoms with Gasteiger partial charge in [-0.25, -0.2) is 17.7 Å². The maximum atomic E-state index is 12.9. The molecule has 0 saturated carbocycles. The van der Waals surface area contributed by atoms with E-state index in [1.165, 1.54) is 24.3 Å². The predicted molar refractivity (Wildman–Crippen MR) is 141 cm³/mol. The van der Waals surface area contributed by atoms with Crippen LogP contribution in [0.15, 0.2) is 88.9 Å². The zero-order valence-electron chi connectivity index (χ0n) is 20.5. The van der Waals surface area contributed by atoms with Gasteiger partial charge in [-0.2, -0.15) is 0 Å². The summed E-state index contributed by atoms with van der Waals surface area (Å²) in [6.07, 6.45) is 5.88. The number of halogens is 1. The molecule has 202 valence electrons. The first-order chi connectivity index (χ1) is 17.7. The second kappa shape index (κ2) is 15.4. The Morgan fingerprint density at radius 3 is 2.24 bits per heavy atom. The van der Waals surface area contributed by atoms with E-state index in [9.17, 15) is 22.8 Å². The third-order valence-electron chi connectivity index (χ3n) is 5.27. The number of hydrogen-bond donors (Lipinski definition) is 3. The molecular weight excluding hydrogens is 592 g/mol. The lowest BCUT2D eigenvalue weighted by Crippen LogP contribution is -3.00. The summed E-state index contributed by atoms with van der Waals surface area (Å²) in [5.41, 5.74) is 5.77. The van der Waals surface area contributed by atoms with Crippen molar-refractivity contribution in [2.24, 2.45) is 5.73 Å². The number of carbonyl (C=O) groups is 3. The van der Waals surface area contributed by atoms with Gasteiger partial charge in [0.15, 0.2) is 17.5 Å². The summed E-state index contributed by atoms with van der Waals surface area (Å²) in [6, 6.07) is 18.4. The molecule has 1 heterocycles. The zero-order chi connectivity index (χ0) is 26.7. The Morgan fingerprint density at radius 1 is 0.868 bits per heavy atom. The van der Waals surface area contributed by atoms with Crippen molar-refractivity contribution < 1.29 is 44.3 Å². The van der Waals surface area contributed by atoms with E-state index in [2.05, 4.69) is 14.6 Å². The van der Waals surface area contributed by atoms with Crippen LogP contribution in [0.4, 0.5) is 5.69 Å². The average molecular weight is 622 g/mol. The predicted octanol–water partition coefficient (Wildman–Crippen LogP) is -0.127. The van der Waals surface area contributed by atoms with E-state index in [-0.39, 0.29) is 40.0 Å². The summed E-state index contributed by atoms with van der Waals surface area (Å²) < 4.78 is 29.0. The topological polar surface area (TPSA) is 139 Å². The summed E-state index contributed by atoms with van der Waals surface area (Å²) in [5, 5.41) is 2.72. The molecule has 0 spiro atoms. The monoisotopic (exact) mass is 620 g/mol. The van der Waals surface area contributed by atoms with Gasteiger partial charge in [-0.05, 0) is 42.8 Å². The first kappa shape index (κ1) is 31.2. The SMILES string of the molecule is NC(=O)CCNS(=O)(=O)c1ccc(NC(=O)c2ccccc2SC(=O)CCCC[n+]2ccccc2)cc1.[Br-]. The molecule has 0 aliphatic rings. The lowest BCUT2D eigenvalue weighted by molar-refractivity contribution is -0.697. The molecule has 2 aromatic carbocycles. The lowest BCUT2D eigenvalue weighted by Gasteiger charge is -2.10. The molecule has 9 nitrogen and oxygen atoms in total. The standard InChI is InChI=1S/C26H28N4O5S2.BrH/c27-24(31)15-16-28-37(34,35)21-13-11-20(12-14-21)29-26(33)22-8-2-3-9-23(22)36-25(32)10-4-7-19-30-17-5-1-6-18-30;/h1-3,5-6,8-9,11-14,17-18,28H,4,7,10,15-16,19H2,(H2-,27,29,31,33);1H. The molecule has 0 aliphatic heterocycles. The molecule has 0 aliphatic carbocycles. The summed E-state index contributed by atoms with van der Waals surface area (Å²) >= 11 is 1.04. The van der Waals surface area contributed by atoms with Crippen LogP contribution in [0.3, 0.4) is 0 Å².